The maximum Gasteiger partial charge on any atom is 0.200 e. The van der Waals surface area contributed by atoms with Crippen molar-refractivity contribution in [2.75, 3.05) is 13.7 Å². The summed E-state index contributed by atoms with van der Waals surface area (Å²) in [5.74, 6) is 1.82. The van der Waals surface area contributed by atoms with Gasteiger partial charge in [-0.25, -0.2) is 0 Å². The molecule has 0 fully saturated rings. The number of para-hydroxylation sites is 1. The molecule has 0 atom stereocenters. The Hall–Kier alpha value is -3.79. The summed E-state index contributed by atoms with van der Waals surface area (Å²) >= 11 is 0. The Kier molecular flexibility index (Phi) is 5.66. The summed E-state index contributed by atoms with van der Waals surface area (Å²) in [6.07, 6.45) is 3.95. The third-order valence-corrected chi connectivity index (χ3v) is 4.87. The van der Waals surface area contributed by atoms with E-state index in [0.717, 1.165) is 11.1 Å². The van der Waals surface area contributed by atoms with E-state index >= 15 is 0 Å². The van der Waals surface area contributed by atoms with Crippen LogP contribution in [0.25, 0.3) is 28.2 Å². The monoisotopic (exact) mass is 398 g/mol. The van der Waals surface area contributed by atoms with E-state index in [0.29, 0.717) is 40.4 Å². The minimum Gasteiger partial charge on any atom is -0.496 e. The van der Waals surface area contributed by atoms with Crippen LogP contribution in [0, 0.1) is 6.92 Å². The molecule has 0 saturated carbocycles. The molecule has 4 rings (SSSR count). The summed E-state index contributed by atoms with van der Waals surface area (Å²) < 4.78 is 17.2. The van der Waals surface area contributed by atoms with Gasteiger partial charge in [-0.05, 0) is 36.8 Å². The normalized spacial score (nSPS) is 11.1. The summed E-state index contributed by atoms with van der Waals surface area (Å²) in [4.78, 5) is 13.2. The van der Waals surface area contributed by atoms with Gasteiger partial charge in [-0.15, -0.1) is 0 Å². The zero-order valence-corrected chi connectivity index (χ0v) is 16.9. The van der Waals surface area contributed by atoms with Crippen LogP contribution in [0.2, 0.25) is 0 Å². The Morgan fingerprint density at radius 1 is 0.967 bits per heavy atom. The number of fused-ring (bicyclic) bond motifs is 1. The van der Waals surface area contributed by atoms with Crippen molar-refractivity contribution in [2.24, 2.45) is 0 Å². The molecule has 0 aliphatic carbocycles. The SMILES string of the molecule is COc1ccccc1-c1c(C)oc2cc(OCC=Cc3ccccc3)ccc2c1=O. The van der Waals surface area contributed by atoms with Gasteiger partial charge < -0.3 is 13.9 Å². The Labute approximate surface area is 175 Å². The van der Waals surface area contributed by atoms with Crippen molar-refractivity contribution >= 4 is 17.0 Å². The highest BCUT2D eigenvalue weighted by Crippen LogP contribution is 2.32. The largest absolute Gasteiger partial charge is 0.496 e. The Bertz CT molecular complexity index is 1250. The smallest absolute Gasteiger partial charge is 0.200 e. The average Bonchev–Trinajstić information content (AvgIpc) is 2.77. The first kappa shape index (κ1) is 19.5. The van der Waals surface area contributed by atoms with Gasteiger partial charge >= 0.3 is 0 Å². The van der Waals surface area contributed by atoms with E-state index in [2.05, 4.69) is 0 Å². The van der Waals surface area contributed by atoms with Gasteiger partial charge in [0, 0.05) is 11.6 Å². The lowest BCUT2D eigenvalue weighted by molar-refractivity contribution is 0.363. The summed E-state index contributed by atoms with van der Waals surface area (Å²) in [6.45, 7) is 2.21. The van der Waals surface area contributed by atoms with Crippen molar-refractivity contribution in [2.45, 2.75) is 6.92 Å². The molecular formula is C26H22O4. The number of rotatable bonds is 6. The lowest BCUT2D eigenvalue weighted by Gasteiger charge is -2.11. The van der Waals surface area contributed by atoms with Crippen LogP contribution in [0.3, 0.4) is 0 Å². The molecule has 0 aliphatic rings. The maximum atomic E-state index is 13.2. The fourth-order valence-corrected chi connectivity index (χ4v) is 3.43. The molecule has 0 bridgehead atoms. The van der Waals surface area contributed by atoms with Crippen LogP contribution in [0.4, 0.5) is 0 Å². The molecule has 0 spiro atoms. The van der Waals surface area contributed by atoms with Gasteiger partial charge in [-0.2, -0.15) is 0 Å². The lowest BCUT2D eigenvalue weighted by Crippen LogP contribution is -2.08. The second kappa shape index (κ2) is 8.70. The number of hydrogen-bond acceptors (Lipinski definition) is 4. The minimum absolute atomic E-state index is 0.0891. The quantitative estimate of drug-likeness (QED) is 0.408. The van der Waals surface area contributed by atoms with Crippen LogP contribution < -0.4 is 14.9 Å². The van der Waals surface area contributed by atoms with Crippen LogP contribution in [0.15, 0.2) is 88.1 Å². The molecule has 0 unspecified atom stereocenters. The second-order valence-corrected chi connectivity index (χ2v) is 6.84. The second-order valence-electron chi connectivity index (χ2n) is 6.84. The standard InChI is InChI=1S/C26H22O4/c1-18-25(21-12-6-7-13-23(21)28-2)26(27)22-15-14-20(17-24(22)30-18)29-16-8-11-19-9-4-3-5-10-19/h3-15,17H,16H2,1-2H3. The average molecular weight is 398 g/mol. The highest BCUT2D eigenvalue weighted by Gasteiger charge is 2.17. The maximum absolute atomic E-state index is 13.2. The summed E-state index contributed by atoms with van der Waals surface area (Å²) in [6, 6.07) is 22.8. The van der Waals surface area contributed by atoms with E-state index in [1.807, 2.05) is 66.7 Å². The van der Waals surface area contributed by atoms with E-state index in [-0.39, 0.29) is 5.43 Å². The molecule has 0 saturated heterocycles. The van der Waals surface area contributed by atoms with Crippen LogP contribution >= 0.6 is 0 Å². The summed E-state index contributed by atoms with van der Waals surface area (Å²) in [7, 11) is 1.59. The number of benzene rings is 3. The number of methoxy groups -OCH3 is 1. The first-order chi connectivity index (χ1) is 14.7. The zero-order valence-electron chi connectivity index (χ0n) is 16.9. The van der Waals surface area contributed by atoms with Gasteiger partial charge in [0.25, 0.3) is 0 Å². The zero-order chi connectivity index (χ0) is 20.9. The van der Waals surface area contributed by atoms with E-state index in [4.69, 9.17) is 13.9 Å². The van der Waals surface area contributed by atoms with Crippen LogP contribution in [0.5, 0.6) is 11.5 Å². The Morgan fingerprint density at radius 3 is 2.53 bits per heavy atom. The highest BCUT2D eigenvalue weighted by atomic mass is 16.5. The molecule has 0 N–H and O–H groups in total. The van der Waals surface area contributed by atoms with Gasteiger partial charge in [-0.1, -0.05) is 54.6 Å². The predicted octanol–water partition coefficient (Wildman–Crippen LogP) is 5.87. The van der Waals surface area contributed by atoms with Crippen molar-refractivity contribution in [3.63, 3.8) is 0 Å². The fraction of sp³-hybridized carbons (Fsp3) is 0.115. The molecular weight excluding hydrogens is 376 g/mol. The number of hydrogen-bond donors (Lipinski definition) is 0. The van der Waals surface area contributed by atoms with Crippen molar-refractivity contribution in [3.8, 4) is 22.6 Å². The van der Waals surface area contributed by atoms with Gasteiger partial charge in [0.2, 0.25) is 5.43 Å². The number of aryl methyl sites for hydroxylation is 1. The molecule has 0 aliphatic heterocycles. The van der Waals surface area contributed by atoms with E-state index < -0.39 is 0 Å². The van der Waals surface area contributed by atoms with Crippen molar-refractivity contribution in [3.05, 3.63) is 100 Å². The summed E-state index contributed by atoms with van der Waals surface area (Å²) in [5.41, 5.74) is 2.76. The Balaban J connectivity index is 1.61. The van der Waals surface area contributed by atoms with Gasteiger partial charge in [0.15, 0.2) is 0 Å². The highest BCUT2D eigenvalue weighted by molar-refractivity contribution is 5.85. The third-order valence-electron chi connectivity index (χ3n) is 4.87. The molecule has 4 heteroatoms. The van der Waals surface area contributed by atoms with Crippen LogP contribution in [0.1, 0.15) is 11.3 Å². The molecule has 4 nitrogen and oxygen atoms in total. The molecule has 0 amide bonds. The van der Waals surface area contributed by atoms with Gasteiger partial charge in [0.05, 0.1) is 18.1 Å². The minimum atomic E-state index is -0.0891. The topological polar surface area (TPSA) is 48.7 Å². The van der Waals surface area contributed by atoms with E-state index in [1.165, 1.54) is 0 Å². The molecule has 3 aromatic carbocycles. The molecule has 1 aromatic heterocycles. The third kappa shape index (κ3) is 3.98. The lowest BCUT2D eigenvalue weighted by atomic mass is 10.0. The van der Waals surface area contributed by atoms with Crippen LogP contribution in [-0.4, -0.2) is 13.7 Å². The van der Waals surface area contributed by atoms with Crippen LogP contribution in [-0.2, 0) is 0 Å². The van der Waals surface area contributed by atoms with Gasteiger partial charge in [-0.3, -0.25) is 4.79 Å². The molecule has 30 heavy (non-hydrogen) atoms. The molecule has 1 heterocycles. The first-order valence-corrected chi connectivity index (χ1v) is 9.72. The first-order valence-electron chi connectivity index (χ1n) is 9.72. The van der Waals surface area contributed by atoms with E-state index in [1.54, 1.807) is 32.2 Å². The van der Waals surface area contributed by atoms with Gasteiger partial charge in [0.1, 0.15) is 29.4 Å². The van der Waals surface area contributed by atoms with E-state index in [9.17, 15) is 4.79 Å². The molecule has 4 aromatic rings. The fourth-order valence-electron chi connectivity index (χ4n) is 3.43. The van der Waals surface area contributed by atoms with Crippen molar-refractivity contribution in [1.82, 2.24) is 0 Å². The van der Waals surface area contributed by atoms with Crippen molar-refractivity contribution in [1.29, 1.82) is 0 Å². The molecule has 0 radical (unpaired) electrons. The Morgan fingerprint density at radius 2 is 1.73 bits per heavy atom. The molecule has 150 valence electrons. The number of ether oxygens (including phenoxy) is 2. The van der Waals surface area contributed by atoms with Crippen molar-refractivity contribution < 1.29 is 13.9 Å². The predicted molar refractivity (Wildman–Crippen MR) is 120 cm³/mol. The summed E-state index contributed by atoms with van der Waals surface area (Å²) in [5, 5.41) is 0.508.